The number of furan rings is 1. The number of carbonyl (C=O) groups is 2. The van der Waals surface area contributed by atoms with Gasteiger partial charge in [-0.25, -0.2) is 0 Å². The van der Waals surface area contributed by atoms with Crippen molar-refractivity contribution in [1.29, 1.82) is 0 Å². The van der Waals surface area contributed by atoms with Crippen molar-refractivity contribution in [2.75, 3.05) is 6.61 Å². The minimum atomic E-state index is -0.909. The SMILES string of the molecule is C=C1CC[C@@H]2[C@H](CO)[C@H](O)[C@H](OC(C)=O)C[C@@]2(C)[C@@H]1CC(=O)c1ccoc1. The molecule has 0 spiro atoms. The van der Waals surface area contributed by atoms with Gasteiger partial charge in [-0.3, -0.25) is 9.59 Å². The molecule has 6 atom stereocenters. The number of esters is 1. The summed E-state index contributed by atoms with van der Waals surface area (Å²) in [5.74, 6) is -0.964. The van der Waals surface area contributed by atoms with Crippen LogP contribution in [0.5, 0.6) is 0 Å². The summed E-state index contributed by atoms with van der Waals surface area (Å²) in [5, 5.41) is 20.6. The van der Waals surface area contributed by atoms with Crippen LogP contribution in [0.3, 0.4) is 0 Å². The number of allylic oxidation sites excluding steroid dienone is 1. The van der Waals surface area contributed by atoms with Crippen molar-refractivity contribution in [3.63, 3.8) is 0 Å². The van der Waals surface area contributed by atoms with Gasteiger partial charge in [-0.05, 0) is 42.6 Å². The Hall–Kier alpha value is -1.92. The van der Waals surface area contributed by atoms with Crippen LogP contribution in [0.15, 0.2) is 35.2 Å². The second kappa shape index (κ2) is 7.60. The maximum absolute atomic E-state index is 12.7. The van der Waals surface area contributed by atoms with Crippen molar-refractivity contribution >= 4 is 11.8 Å². The van der Waals surface area contributed by atoms with E-state index >= 15 is 0 Å². The van der Waals surface area contributed by atoms with Gasteiger partial charge in [0.15, 0.2) is 5.78 Å². The minimum absolute atomic E-state index is 0.0209. The summed E-state index contributed by atoms with van der Waals surface area (Å²) in [6.45, 7) is 7.41. The monoisotopic (exact) mass is 376 g/mol. The van der Waals surface area contributed by atoms with Crippen LogP contribution >= 0.6 is 0 Å². The van der Waals surface area contributed by atoms with Gasteiger partial charge in [0, 0.05) is 25.9 Å². The molecule has 6 heteroatoms. The molecule has 0 aliphatic heterocycles. The number of aliphatic hydroxyl groups is 2. The highest BCUT2D eigenvalue weighted by atomic mass is 16.6. The van der Waals surface area contributed by atoms with Gasteiger partial charge in [-0.15, -0.1) is 0 Å². The molecular weight excluding hydrogens is 348 g/mol. The number of fused-ring (bicyclic) bond motifs is 1. The van der Waals surface area contributed by atoms with Gasteiger partial charge in [0.25, 0.3) is 0 Å². The predicted octanol–water partition coefficient (Wildman–Crippen LogP) is 2.75. The van der Waals surface area contributed by atoms with Crippen LogP contribution in [0.25, 0.3) is 0 Å². The predicted molar refractivity (Wildman–Crippen MR) is 97.9 cm³/mol. The van der Waals surface area contributed by atoms with E-state index in [4.69, 9.17) is 9.15 Å². The van der Waals surface area contributed by atoms with E-state index in [1.807, 2.05) is 0 Å². The zero-order valence-electron chi connectivity index (χ0n) is 15.9. The lowest BCUT2D eigenvalue weighted by Crippen LogP contribution is -2.58. The van der Waals surface area contributed by atoms with Gasteiger partial charge < -0.3 is 19.4 Å². The summed E-state index contributed by atoms with van der Waals surface area (Å²) < 4.78 is 10.4. The molecule has 0 bridgehead atoms. The first-order valence-electron chi connectivity index (χ1n) is 9.47. The number of carbonyl (C=O) groups excluding carboxylic acids is 2. The van der Waals surface area contributed by atoms with Gasteiger partial charge in [-0.2, -0.15) is 0 Å². The van der Waals surface area contributed by atoms with Crippen LogP contribution in [-0.2, 0) is 9.53 Å². The van der Waals surface area contributed by atoms with Gasteiger partial charge in [0.2, 0.25) is 0 Å². The quantitative estimate of drug-likeness (QED) is 0.466. The molecule has 2 aliphatic carbocycles. The topological polar surface area (TPSA) is 97.0 Å². The number of rotatable bonds is 5. The molecular formula is C21H28O6. The molecule has 3 rings (SSSR count). The highest BCUT2D eigenvalue weighted by molar-refractivity contribution is 5.96. The lowest BCUT2D eigenvalue weighted by Gasteiger charge is -2.57. The average molecular weight is 376 g/mol. The van der Waals surface area contributed by atoms with E-state index in [-0.39, 0.29) is 30.6 Å². The van der Waals surface area contributed by atoms with Crippen molar-refractivity contribution < 1.29 is 29.0 Å². The molecule has 0 amide bonds. The number of hydrogen-bond donors (Lipinski definition) is 2. The number of hydrogen-bond acceptors (Lipinski definition) is 6. The summed E-state index contributed by atoms with van der Waals surface area (Å²) >= 11 is 0. The van der Waals surface area contributed by atoms with E-state index in [1.54, 1.807) is 6.07 Å². The third-order valence-corrected chi connectivity index (χ3v) is 6.65. The summed E-state index contributed by atoms with van der Waals surface area (Å²) in [7, 11) is 0. The van der Waals surface area contributed by atoms with E-state index < -0.39 is 29.5 Å². The summed E-state index contributed by atoms with van der Waals surface area (Å²) in [6.07, 6.45) is 3.58. The number of ketones is 1. The highest BCUT2D eigenvalue weighted by Crippen LogP contribution is 2.58. The van der Waals surface area contributed by atoms with Crippen LogP contribution in [0.2, 0.25) is 0 Å². The second-order valence-corrected chi connectivity index (χ2v) is 8.19. The fraction of sp³-hybridized carbons (Fsp3) is 0.619. The minimum Gasteiger partial charge on any atom is -0.472 e. The van der Waals surface area contributed by atoms with Gasteiger partial charge in [-0.1, -0.05) is 19.1 Å². The number of aliphatic hydroxyl groups excluding tert-OH is 2. The summed E-state index contributed by atoms with van der Waals surface area (Å²) in [4.78, 5) is 24.2. The van der Waals surface area contributed by atoms with Crippen molar-refractivity contribution in [3.05, 3.63) is 36.3 Å². The van der Waals surface area contributed by atoms with Gasteiger partial charge >= 0.3 is 5.97 Å². The largest absolute Gasteiger partial charge is 0.472 e. The van der Waals surface area contributed by atoms with E-state index in [0.717, 1.165) is 18.4 Å². The van der Waals surface area contributed by atoms with E-state index in [2.05, 4.69) is 13.5 Å². The fourth-order valence-corrected chi connectivity index (χ4v) is 5.30. The van der Waals surface area contributed by atoms with Crippen molar-refractivity contribution in [3.8, 4) is 0 Å². The second-order valence-electron chi connectivity index (χ2n) is 8.19. The molecule has 27 heavy (non-hydrogen) atoms. The molecule has 0 saturated heterocycles. The zero-order valence-corrected chi connectivity index (χ0v) is 15.9. The Labute approximate surface area is 159 Å². The lowest BCUT2D eigenvalue weighted by molar-refractivity contribution is -0.184. The zero-order chi connectivity index (χ0) is 19.8. The first kappa shape index (κ1) is 19.8. The van der Waals surface area contributed by atoms with E-state index in [9.17, 15) is 19.8 Å². The molecule has 148 valence electrons. The van der Waals surface area contributed by atoms with Gasteiger partial charge in [0.05, 0.1) is 17.9 Å². The maximum Gasteiger partial charge on any atom is 0.302 e. The van der Waals surface area contributed by atoms with E-state index in [1.165, 1.54) is 19.5 Å². The number of Topliss-reactive ketones (excluding diaryl/α,β-unsaturated/α-hetero) is 1. The van der Waals surface area contributed by atoms with Crippen LogP contribution in [0.1, 0.15) is 49.9 Å². The molecule has 2 N–H and O–H groups in total. The summed E-state index contributed by atoms with van der Waals surface area (Å²) in [6, 6.07) is 1.65. The van der Waals surface area contributed by atoms with Crippen molar-refractivity contribution in [2.45, 2.75) is 51.7 Å². The Balaban J connectivity index is 1.92. The van der Waals surface area contributed by atoms with E-state index in [0.29, 0.717) is 12.0 Å². The Morgan fingerprint density at radius 3 is 2.78 bits per heavy atom. The first-order chi connectivity index (χ1) is 12.8. The smallest absolute Gasteiger partial charge is 0.302 e. The Morgan fingerprint density at radius 2 is 2.19 bits per heavy atom. The fourth-order valence-electron chi connectivity index (χ4n) is 5.30. The first-order valence-corrected chi connectivity index (χ1v) is 9.47. The Bertz CT molecular complexity index is 708. The maximum atomic E-state index is 12.7. The van der Waals surface area contributed by atoms with Crippen molar-refractivity contribution in [1.82, 2.24) is 0 Å². The molecule has 0 unspecified atom stereocenters. The molecule has 6 nitrogen and oxygen atoms in total. The normalized spacial score (nSPS) is 36.1. The standard InChI is InChI=1S/C21H28O6/c1-12-4-5-16-15(10-22)20(25)19(27-13(2)23)9-21(16,3)17(12)8-18(24)14-6-7-26-11-14/h6-7,11,15-17,19-20,22,25H,1,4-5,8-10H2,2-3H3/t15-,16+,17+,19+,20-,21+/m0/s1. The third-order valence-electron chi connectivity index (χ3n) is 6.65. The highest BCUT2D eigenvalue weighted by Gasteiger charge is 2.56. The number of ether oxygens (including phenoxy) is 1. The van der Waals surface area contributed by atoms with Crippen LogP contribution in [-0.4, -0.2) is 40.8 Å². The molecule has 0 radical (unpaired) electrons. The molecule has 2 aliphatic rings. The van der Waals surface area contributed by atoms with Crippen molar-refractivity contribution in [2.24, 2.45) is 23.2 Å². The molecule has 1 aromatic heterocycles. The molecule has 0 aromatic carbocycles. The van der Waals surface area contributed by atoms with Crippen LogP contribution in [0, 0.1) is 23.2 Å². The lowest BCUT2D eigenvalue weighted by atomic mass is 9.49. The molecule has 2 saturated carbocycles. The van der Waals surface area contributed by atoms with Gasteiger partial charge in [0.1, 0.15) is 12.4 Å². The Kier molecular flexibility index (Phi) is 5.58. The molecule has 1 heterocycles. The molecule has 2 fully saturated rings. The third kappa shape index (κ3) is 3.60. The van der Waals surface area contributed by atoms with Crippen LogP contribution < -0.4 is 0 Å². The summed E-state index contributed by atoms with van der Waals surface area (Å²) in [5.41, 5.74) is 1.13. The Morgan fingerprint density at radius 1 is 1.44 bits per heavy atom. The average Bonchev–Trinajstić information content (AvgIpc) is 3.14. The molecule has 1 aromatic rings. The van der Waals surface area contributed by atoms with Crippen LogP contribution in [0.4, 0.5) is 0 Å².